The minimum absolute atomic E-state index is 0.283. The molecule has 0 radical (unpaired) electrons. The molecule has 0 heterocycles. The Morgan fingerprint density at radius 2 is 1.05 bits per heavy atom. The maximum atomic E-state index is 11.4. The van der Waals surface area contributed by atoms with Crippen LogP contribution in [0.2, 0.25) is 0 Å². The fraction of sp³-hybridized carbons (Fsp3) is 0.938. The Labute approximate surface area is 139 Å². The van der Waals surface area contributed by atoms with Gasteiger partial charge in [0.15, 0.2) is 5.78 Å². The van der Waals surface area contributed by atoms with Crippen LogP contribution >= 0.6 is 34.8 Å². The summed E-state index contributed by atoms with van der Waals surface area (Å²) in [7, 11) is 0. The number of halogens is 3. The number of hydrogen-bond acceptors (Lipinski definition) is 1. The number of ketones is 1. The van der Waals surface area contributed by atoms with Gasteiger partial charge in [0.05, 0.1) is 0 Å². The Morgan fingerprint density at radius 3 is 1.40 bits per heavy atom. The minimum atomic E-state index is -1.72. The lowest BCUT2D eigenvalue weighted by Crippen LogP contribution is -2.18. The van der Waals surface area contributed by atoms with E-state index in [1.54, 1.807) is 0 Å². The second kappa shape index (κ2) is 13.2. The Morgan fingerprint density at radius 1 is 0.700 bits per heavy atom. The molecule has 0 saturated heterocycles. The Bertz CT molecular complexity index is 236. The van der Waals surface area contributed by atoms with Gasteiger partial charge in [-0.3, -0.25) is 4.79 Å². The third kappa shape index (κ3) is 13.5. The van der Waals surface area contributed by atoms with Crippen LogP contribution in [0.5, 0.6) is 0 Å². The molecule has 0 saturated carbocycles. The maximum absolute atomic E-state index is 11.4. The van der Waals surface area contributed by atoms with Crippen LogP contribution in [-0.2, 0) is 4.79 Å². The highest BCUT2D eigenvalue weighted by atomic mass is 35.6. The van der Waals surface area contributed by atoms with E-state index in [9.17, 15) is 4.79 Å². The van der Waals surface area contributed by atoms with E-state index in [1.165, 1.54) is 64.2 Å². The van der Waals surface area contributed by atoms with E-state index in [0.29, 0.717) is 6.42 Å². The summed E-state index contributed by atoms with van der Waals surface area (Å²) in [6, 6.07) is 0. The van der Waals surface area contributed by atoms with Crippen molar-refractivity contribution in [3.8, 4) is 0 Å². The van der Waals surface area contributed by atoms with Gasteiger partial charge in [0.1, 0.15) is 0 Å². The van der Waals surface area contributed by atoms with E-state index in [-0.39, 0.29) is 5.78 Å². The minimum Gasteiger partial charge on any atom is -0.295 e. The first-order valence-corrected chi connectivity index (χ1v) is 9.22. The van der Waals surface area contributed by atoms with E-state index in [1.807, 2.05) is 0 Å². The summed E-state index contributed by atoms with van der Waals surface area (Å²) in [5.74, 6) is -0.283. The predicted octanol–water partition coefficient (Wildman–Crippen LogP) is 7.02. The summed E-state index contributed by atoms with van der Waals surface area (Å²) >= 11 is 16.5. The molecule has 0 atom stereocenters. The molecule has 120 valence electrons. The number of Topliss-reactive ketones (excluding diaryl/α,β-unsaturated/α-hetero) is 1. The Hall–Kier alpha value is 0.540. The molecule has 0 unspecified atom stereocenters. The number of carbonyl (C=O) groups excluding carboxylic acids is 1. The third-order valence-electron chi connectivity index (χ3n) is 3.57. The number of hydrogen-bond donors (Lipinski definition) is 0. The lowest BCUT2D eigenvalue weighted by atomic mass is 10.0. The largest absolute Gasteiger partial charge is 0.295 e. The van der Waals surface area contributed by atoms with Crippen LogP contribution in [0, 0.1) is 0 Å². The van der Waals surface area contributed by atoms with Crippen molar-refractivity contribution in [2.45, 2.75) is 94.2 Å². The zero-order chi connectivity index (χ0) is 15.3. The standard InChI is InChI=1S/C16H29Cl3O/c1-2-3-4-5-6-7-8-9-10-11-12-13-14-15(20)16(17,18)19/h2-14H2,1H3. The van der Waals surface area contributed by atoms with Crippen LogP contribution in [0.25, 0.3) is 0 Å². The van der Waals surface area contributed by atoms with Crippen molar-refractivity contribution < 1.29 is 4.79 Å². The van der Waals surface area contributed by atoms with Gasteiger partial charge in [0, 0.05) is 6.42 Å². The first kappa shape index (κ1) is 20.5. The summed E-state index contributed by atoms with van der Waals surface area (Å²) in [6.07, 6.45) is 15.6. The van der Waals surface area contributed by atoms with Crippen LogP contribution in [0.15, 0.2) is 0 Å². The highest BCUT2D eigenvalue weighted by Gasteiger charge is 2.29. The van der Waals surface area contributed by atoms with Crippen molar-refractivity contribution >= 4 is 40.6 Å². The van der Waals surface area contributed by atoms with E-state index >= 15 is 0 Å². The maximum Gasteiger partial charge on any atom is 0.248 e. The lowest BCUT2D eigenvalue weighted by Gasteiger charge is -2.08. The molecular formula is C16H29Cl3O. The average molecular weight is 344 g/mol. The molecule has 0 aromatic carbocycles. The number of alkyl halides is 3. The molecule has 0 rings (SSSR count). The van der Waals surface area contributed by atoms with Gasteiger partial charge < -0.3 is 0 Å². The molecule has 0 aliphatic rings. The van der Waals surface area contributed by atoms with Gasteiger partial charge in [0.2, 0.25) is 3.79 Å². The molecule has 0 aromatic rings. The smallest absolute Gasteiger partial charge is 0.248 e. The molecule has 0 N–H and O–H groups in total. The highest BCUT2D eigenvalue weighted by molar-refractivity contribution is 6.76. The van der Waals surface area contributed by atoms with Crippen molar-refractivity contribution in [3.63, 3.8) is 0 Å². The van der Waals surface area contributed by atoms with Crippen molar-refractivity contribution in [2.75, 3.05) is 0 Å². The topological polar surface area (TPSA) is 17.1 Å². The molecule has 0 aliphatic carbocycles. The summed E-state index contributed by atoms with van der Waals surface area (Å²) in [4.78, 5) is 11.4. The third-order valence-corrected chi connectivity index (χ3v) is 4.21. The molecule has 1 nitrogen and oxygen atoms in total. The van der Waals surface area contributed by atoms with Crippen LogP contribution in [0.4, 0.5) is 0 Å². The lowest BCUT2D eigenvalue weighted by molar-refractivity contribution is -0.118. The van der Waals surface area contributed by atoms with Gasteiger partial charge in [0.25, 0.3) is 0 Å². The summed E-state index contributed by atoms with van der Waals surface area (Å²) in [5, 5.41) is 0. The highest BCUT2D eigenvalue weighted by Crippen LogP contribution is 2.29. The fourth-order valence-electron chi connectivity index (χ4n) is 2.27. The Balaban J connectivity index is 3.16. The number of carbonyl (C=O) groups is 1. The predicted molar refractivity (Wildman–Crippen MR) is 91.0 cm³/mol. The number of rotatable bonds is 13. The van der Waals surface area contributed by atoms with Gasteiger partial charge >= 0.3 is 0 Å². The first-order valence-electron chi connectivity index (χ1n) is 8.08. The second-order valence-electron chi connectivity index (χ2n) is 5.56. The second-order valence-corrected chi connectivity index (χ2v) is 7.84. The fourth-order valence-corrected chi connectivity index (χ4v) is 2.55. The van der Waals surface area contributed by atoms with Crippen LogP contribution in [0.1, 0.15) is 90.4 Å². The van der Waals surface area contributed by atoms with Crippen LogP contribution in [-0.4, -0.2) is 9.58 Å². The molecule has 4 heteroatoms. The van der Waals surface area contributed by atoms with Crippen LogP contribution < -0.4 is 0 Å². The van der Waals surface area contributed by atoms with Crippen molar-refractivity contribution in [3.05, 3.63) is 0 Å². The Kier molecular flexibility index (Phi) is 13.6. The summed E-state index contributed by atoms with van der Waals surface area (Å²) < 4.78 is -1.72. The van der Waals surface area contributed by atoms with Crippen molar-refractivity contribution in [1.29, 1.82) is 0 Å². The molecule has 0 aliphatic heterocycles. The van der Waals surface area contributed by atoms with E-state index in [2.05, 4.69) is 6.92 Å². The quantitative estimate of drug-likeness (QED) is 0.259. The van der Waals surface area contributed by atoms with Crippen molar-refractivity contribution in [2.24, 2.45) is 0 Å². The molecule has 0 aromatic heterocycles. The average Bonchev–Trinajstić information content (AvgIpc) is 2.38. The van der Waals surface area contributed by atoms with Gasteiger partial charge in [-0.25, -0.2) is 0 Å². The van der Waals surface area contributed by atoms with Gasteiger partial charge in [-0.05, 0) is 6.42 Å². The molecule has 20 heavy (non-hydrogen) atoms. The zero-order valence-electron chi connectivity index (χ0n) is 12.7. The van der Waals surface area contributed by atoms with Gasteiger partial charge in [-0.1, -0.05) is 112 Å². The number of unbranched alkanes of at least 4 members (excludes halogenated alkanes) is 11. The summed E-state index contributed by atoms with van der Waals surface area (Å²) in [6.45, 7) is 2.25. The van der Waals surface area contributed by atoms with Crippen LogP contribution in [0.3, 0.4) is 0 Å². The first-order chi connectivity index (χ1) is 9.48. The van der Waals surface area contributed by atoms with E-state index in [4.69, 9.17) is 34.8 Å². The molecule has 0 spiro atoms. The molecule has 0 bridgehead atoms. The molecular weight excluding hydrogens is 315 g/mol. The zero-order valence-corrected chi connectivity index (χ0v) is 15.0. The SMILES string of the molecule is CCCCCCCCCCCCCCC(=O)C(Cl)(Cl)Cl. The molecule has 0 amide bonds. The van der Waals surface area contributed by atoms with E-state index < -0.39 is 3.79 Å². The normalized spacial score (nSPS) is 11.8. The molecule has 0 fully saturated rings. The van der Waals surface area contributed by atoms with Gasteiger partial charge in [-0.15, -0.1) is 0 Å². The van der Waals surface area contributed by atoms with E-state index in [0.717, 1.165) is 12.8 Å². The van der Waals surface area contributed by atoms with Gasteiger partial charge in [-0.2, -0.15) is 0 Å². The summed E-state index contributed by atoms with van der Waals surface area (Å²) in [5.41, 5.74) is 0. The monoisotopic (exact) mass is 342 g/mol. The van der Waals surface area contributed by atoms with Crippen molar-refractivity contribution in [1.82, 2.24) is 0 Å².